The van der Waals surface area contributed by atoms with Gasteiger partial charge in [-0.1, -0.05) is 12.8 Å². The number of nitrogens with two attached hydrogens (primary N) is 1. The predicted molar refractivity (Wildman–Crippen MR) is 31.0 cm³/mol. The summed E-state index contributed by atoms with van der Waals surface area (Å²) < 4.78 is 1.44. The number of nitrogens with zero attached hydrogens (tertiary/aromatic N) is 2. The highest BCUT2D eigenvalue weighted by molar-refractivity contribution is 7.78. The molecule has 0 unspecified atom stereocenters. The van der Waals surface area contributed by atoms with Gasteiger partial charge in [0.15, 0.2) is 0 Å². The SMILES string of the molecule is Nc1nccn1S. The number of rotatable bonds is 0. The molecule has 2 N–H and O–H groups in total. The van der Waals surface area contributed by atoms with Crippen LogP contribution in [-0.4, -0.2) is 8.96 Å². The lowest BCUT2D eigenvalue weighted by Gasteiger charge is -1.85. The highest BCUT2D eigenvalue weighted by atomic mass is 32.1. The minimum atomic E-state index is 0.420. The van der Waals surface area contributed by atoms with E-state index < -0.39 is 0 Å². The van der Waals surface area contributed by atoms with Crippen molar-refractivity contribution in [2.24, 2.45) is 0 Å². The van der Waals surface area contributed by atoms with Gasteiger partial charge in [-0.2, -0.15) is 0 Å². The molecule has 0 amide bonds. The van der Waals surface area contributed by atoms with Gasteiger partial charge in [0.05, 0.1) is 0 Å². The minimum absolute atomic E-state index is 0.420. The van der Waals surface area contributed by atoms with Crippen LogP contribution in [0.25, 0.3) is 0 Å². The number of imidazole rings is 1. The van der Waals surface area contributed by atoms with Crippen LogP contribution in [-0.2, 0) is 0 Å². The highest BCUT2D eigenvalue weighted by Gasteiger charge is 1.85. The molecule has 7 heavy (non-hydrogen) atoms. The largest absolute Gasteiger partial charge is 0.369 e. The van der Waals surface area contributed by atoms with Crippen LogP contribution in [0, 0.1) is 0 Å². The number of aromatic nitrogens is 2. The molecular formula is C3H5N3S. The second-order valence-electron chi connectivity index (χ2n) is 1.13. The van der Waals surface area contributed by atoms with E-state index in [0.29, 0.717) is 5.95 Å². The number of thiol groups is 1. The standard InChI is InChI=1S/C3H5N3S/c4-3-5-1-2-6(3)7/h1-2,7H,(H2,4,5). The quantitative estimate of drug-likeness (QED) is 0.473. The Hall–Kier alpha value is -0.640. The molecule has 38 valence electrons. The third kappa shape index (κ3) is 0.691. The van der Waals surface area contributed by atoms with E-state index in [1.165, 1.54) is 3.97 Å². The molecule has 0 aromatic carbocycles. The molecule has 1 aromatic rings. The fourth-order valence-electron chi connectivity index (χ4n) is 0.308. The fraction of sp³-hybridized carbons (Fsp3) is 0. The van der Waals surface area contributed by atoms with E-state index in [-0.39, 0.29) is 0 Å². The summed E-state index contributed by atoms with van der Waals surface area (Å²) in [5.74, 6) is 0.420. The van der Waals surface area contributed by atoms with Gasteiger partial charge < -0.3 is 5.73 Å². The molecule has 3 nitrogen and oxygen atoms in total. The monoisotopic (exact) mass is 115 g/mol. The van der Waals surface area contributed by atoms with E-state index in [0.717, 1.165) is 0 Å². The maximum absolute atomic E-state index is 5.22. The summed E-state index contributed by atoms with van der Waals surface area (Å²) in [7, 11) is 0. The molecule has 0 aliphatic rings. The Balaban J connectivity index is 3.12. The average molecular weight is 115 g/mol. The Morgan fingerprint density at radius 1 is 1.86 bits per heavy atom. The first-order valence-electron chi connectivity index (χ1n) is 1.79. The smallest absolute Gasteiger partial charge is 0.210 e. The molecule has 0 aliphatic carbocycles. The van der Waals surface area contributed by atoms with Crippen LogP contribution in [0.3, 0.4) is 0 Å². The van der Waals surface area contributed by atoms with Crippen LogP contribution in [0.5, 0.6) is 0 Å². The number of hydrogen-bond acceptors (Lipinski definition) is 3. The van der Waals surface area contributed by atoms with Gasteiger partial charge in [0.25, 0.3) is 0 Å². The Kier molecular flexibility index (Phi) is 0.941. The number of nitrogen functional groups attached to an aromatic ring is 1. The van der Waals surface area contributed by atoms with Crippen molar-refractivity contribution in [3.05, 3.63) is 12.4 Å². The Labute approximate surface area is 46.7 Å². The summed E-state index contributed by atoms with van der Waals surface area (Å²) in [6.07, 6.45) is 3.25. The van der Waals surface area contributed by atoms with E-state index in [4.69, 9.17) is 5.73 Å². The highest BCUT2D eigenvalue weighted by Crippen LogP contribution is 1.97. The maximum Gasteiger partial charge on any atom is 0.210 e. The van der Waals surface area contributed by atoms with Gasteiger partial charge in [-0.3, -0.25) is 3.97 Å². The molecule has 4 heteroatoms. The van der Waals surface area contributed by atoms with E-state index >= 15 is 0 Å². The first kappa shape index (κ1) is 4.52. The van der Waals surface area contributed by atoms with Crippen LogP contribution < -0.4 is 5.73 Å². The number of anilines is 1. The Bertz CT molecular complexity index is 142. The lowest BCUT2D eigenvalue weighted by Crippen LogP contribution is -1.90. The van der Waals surface area contributed by atoms with Gasteiger partial charge in [-0.25, -0.2) is 4.98 Å². The minimum Gasteiger partial charge on any atom is -0.369 e. The van der Waals surface area contributed by atoms with Crippen molar-refractivity contribution in [3.8, 4) is 0 Å². The van der Waals surface area contributed by atoms with Crippen LogP contribution in [0.4, 0.5) is 5.95 Å². The molecule has 1 heterocycles. The molecular weight excluding hydrogens is 110 g/mol. The summed E-state index contributed by atoms with van der Waals surface area (Å²) in [6, 6.07) is 0. The number of hydrogen-bond donors (Lipinski definition) is 2. The van der Waals surface area contributed by atoms with Crippen LogP contribution >= 0.6 is 12.8 Å². The molecule has 0 aliphatic heterocycles. The topological polar surface area (TPSA) is 43.8 Å². The van der Waals surface area contributed by atoms with E-state index in [1.54, 1.807) is 12.4 Å². The van der Waals surface area contributed by atoms with Crippen molar-refractivity contribution >= 4 is 18.8 Å². The van der Waals surface area contributed by atoms with Crippen molar-refractivity contribution in [1.29, 1.82) is 0 Å². The van der Waals surface area contributed by atoms with E-state index in [1.807, 2.05) is 0 Å². The van der Waals surface area contributed by atoms with Crippen molar-refractivity contribution in [2.45, 2.75) is 0 Å². The first-order valence-corrected chi connectivity index (χ1v) is 2.19. The van der Waals surface area contributed by atoms with Crippen LogP contribution in [0.2, 0.25) is 0 Å². The predicted octanol–water partition coefficient (Wildman–Crippen LogP) is 0.158. The zero-order chi connectivity index (χ0) is 5.28. The summed E-state index contributed by atoms with van der Waals surface area (Å²) in [5.41, 5.74) is 5.22. The molecule has 0 atom stereocenters. The molecule has 0 radical (unpaired) electrons. The van der Waals surface area contributed by atoms with Gasteiger partial charge in [0, 0.05) is 12.4 Å². The zero-order valence-electron chi connectivity index (χ0n) is 3.57. The Morgan fingerprint density at radius 2 is 2.57 bits per heavy atom. The third-order valence-electron chi connectivity index (χ3n) is 0.649. The van der Waals surface area contributed by atoms with Crippen molar-refractivity contribution in [3.63, 3.8) is 0 Å². The van der Waals surface area contributed by atoms with Crippen LogP contribution in [0.1, 0.15) is 0 Å². The second-order valence-corrected chi connectivity index (χ2v) is 1.56. The summed E-state index contributed by atoms with van der Waals surface area (Å²) in [4.78, 5) is 3.68. The van der Waals surface area contributed by atoms with Crippen molar-refractivity contribution in [2.75, 3.05) is 5.73 Å². The van der Waals surface area contributed by atoms with Gasteiger partial charge in [0.2, 0.25) is 5.95 Å². The zero-order valence-corrected chi connectivity index (χ0v) is 4.47. The summed E-state index contributed by atoms with van der Waals surface area (Å²) in [6.45, 7) is 0. The molecule has 0 saturated heterocycles. The maximum atomic E-state index is 5.22. The second kappa shape index (κ2) is 1.46. The molecule has 0 bridgehead atoms. The van der Waals surface area contributed by atoms with Gasteiger partial charge in [-0.05, 0) is 0 Å². The summed E-state index contributed by atoms with van der Waals surface area (Å²) >= 11 is 3.88. The normalized spacial score (nSPS) is 9.29. The van der Waals surface area contributed by atoms with Crippen molar-refractivity contribution in [1.82, 2.24) is 8.96 Å². The van der Waals surface area contributed by atoms with Gasteiger partial charge in [-0.15, -0.1) is 0 Å². The lowest BCUT2D eigenvalue weighted by atomic mass is 11.0. The first-order chi connectivity index (χ1) is 3.30. The molecule has 0 spiro atoms. The van der Waals surface area contributed by atoms with Gasteiger partial charge >= 0.3 is 0 Å². The molecule has 0 fully saturated rings. The Morgan fingerprint density at radius 3 is 2.71 bits per heavy atom. The molecule has 0 saturated carbocycles. The fourth-order valence-corrected chi connectivity index (χ4v) is 0.420. The van der Waals surface area contributed by atoms with Crippen molar-refractivity contribution < 1.29 is 0 Å². The summed E-state index contributed by atoms with van der Waals surface area (Å²) in [5, 5.41) is 0. The average Bonchev–Trinajstić information content (AvgIpc) is 1.91. The van der Waals surface area contributed by atoms with E-state index in [2.05, 4.69) is 17.8 Å². The van der Waals surface area contributed by atoms with Crippen LogP contribution in [0.15, 0.2) is 12.4 Å². The lowest BCUT2D eigenvalue weighted by molar-refractivity contribution is 1.26. The van der Waals surface area contributed by atoms with E-state index in [9.17, 15) is 0 Å². The van der Waals surface area contributed by atoms with Gasteiger partial charge in [0.1, 0.15) is 0 Å². The molecule has 1 aromatic heterocycles. The third-order valence-corrected chi connectivity index (χ3v) is 0.988. The molecule has 1 rings (SSSR count).